The van der Waals surface area contributed by atoms with Gasteiger partial charge in [-0.25, -0.2) is 0 Å². The van der Waals surface area contributed by atoms with Crippen molar-refractivity contribution >= 4 is 120 Å². The Morgan fingerprint density at radius 2 is 1.09 bits per heavy atom. The Kier molecular flexibility index (Phi) is 14.7. The molecule has 7 rings (SSSR count). The molecule has 336 valence electrons. The van der Waals surface area contributed by atoms with E-state index in [0.29, 0.717) is 34.0 Å². The molecule has 0 saturated carbocycles. The molecule has 7 aromatic rings. The number of azo groups is 2. The van der Waals surface area contributed by atoms with Crippen molar-refractivity contribution in [2.75, 3.05) is 22.1 Å². The summed E-state index contributed by atoms with van der Waals surface area (Å²) in [5, 5.41) is 44.8. The summed E-state index contributed by atoms with van der Waals surface area (Å²) >= 11 is 0. The maximum absolute atomic E-state index is 12.5. The number of phenolic OH excluding ortho intramolecular Hbond substituents is 2. The van der Waals surface area contributed by atoms with Crippen molar-refractivity contribution in [3.8, 4) is 11.5 Å². The Balaban J connectivity index is 0.000000917. The maximum atomic E-state index is 12.5. The van der Waals surface area contributed by atoms with Crippen molar-refractivity contribution in [3.63, 3.8) is 0 Å². The summed E-state index contributed by atoms with van der Waals surface area (Å²) in [4.78, 5) is 11.7. The van der Waals surface area contributed by atoms with E-state index in [4.69, 9.17) is 36.7 Å². The van der Waals surface area contributed by atoms with Crippen LogP contribution in [0.2, 0.25) is 0 Å². The molecule has 0 bridgehead atoms. The van der Waals surface area contributed by atoms with E-state index in [9.17, 15) is 36.2 Å². The lowest BCUT2D eigenvalue weighted by Gasteiger charge is -2.11. The van der Waals surface area contributed by atoms with Crippen molar-refractivity contribution in [2.45, 2.75) is 16.7 Å². The SMILES string of the molecule is Cc1nc(Nc2ccc(N=Nc3c(N)ccc4cccc(O)c34)cc2)nc(Nc2ccc(N=Nc3c(N)ccc4cc(S(=O)(=O)O)cc(O)c34)c(S(=O)(=O)O)c2)n1.O=S(=O)=O.O=S(=O)=O. The highest BCUT2D eigenvalue weighted by Crippen LogP contribution is 2.42. The fourth-order valence-electron chi connectivity index (χ4n) is 5.69. The molecule has 65 heavy (non-hydrogen) atoms. The summed E-state index contributed by atoms with van der Waals surface area (Å²) in [7, 11) is -15.8. The third-order valence-corrected chi connectivity index (χ3v) is 10.0. The van der Waals surface area contributed by atoms with E-state index in [2.05, 4.69) is 46.0 Å². The Hall–Kier alpha value is -8.09. The number of nitrogens with zero attached hydrogens (tertiary/aromatic N) is 7. The average Bonchev–Trinajstić information content (AvgIpc) is 3.20. The number of anilines is 6. The Labute approximate surface area is 368 Å². The monoisotopic (exact) mass is 967 g/mol. The Bertz CT molecular complexity index is 3490. The lowest BCUT2D eigenvalue weighted by atomic mass is 10.1. The molecular formula is C36H29N11O14S4. The first-order chi connectivity index (χ1) is 30.5. The number of nitrogens with one attached hydrogen (secondary N) is 2. The topological polar surface area (TPSA) is 416 Å². The predicted octanol–water partition coefficient (Wildman–Crippen LogP) is 5.87. The highest BCUT2D eigenvalue weighted by molar-refractivity contribution is 7.86. The van der Waals surface area contributed by atoms with E-state index < -0.39 is 57.0 Å². The molecular weight excluding hydrogens is 939 g/mol. The molecule has 10 N–H and O–H groups in total. The van der Waals surface area contributed by atoms with Gasteiger partial charge in [0.25, 0.3) is 20.2 Å². The second-order valence-electron chi connectivity index (χ2n) is 12.7. The normalized spacial score (nSPS) is 11.4. The molecule has 0 amide bonds. The zero-order valence-corrected chi connectivity index (χ0v) is 35.8. The molecule has 1 aromatic heterocycles. The largest absolute Gasteiger partial charge is 0.507 e. The molecule has 29 heteroatoms. The third kappa shape index (κ3) is 12.7. The van der Waals surface area contributed by atoms with Gasteiger partial charge in [0, 0.05) is 17.4 Å². The van der Waals surface area contributed by atoms with Crippen molar-refractivity contribution in [2.24, 2.45) is 20.5 Å². The Morgan fingerprint density at radius 1 is 0.569 bits per heavy atom. The summed E-state index contributed by atoms with van der Waals surface area (Å²) in [6.07, 6.45) is 0. The first-order valence-electron chi connectivity index (χ1n) is 17.4. The second kappa shape index (κ2) is 20.0. The van der Waals surface area contributed by atoms with Crippen LogP contribution in [-0.4, -0.2) is 76.4 Å². The number of hydrogen-bond acceptors (Lipinski definition) is 23. The number of fused-ring (bicyclic) bond motifs is 2. The van der Waals surface area contributed by atoms with E-state index in [1.165, 1.54) is 24.3 Å². The van der Waals surface area contributed by atoms with Crippen molar-refractivity contribution in [1.82, 2.24) is 15.0 Å². The van der Waals surface area contributed by atoms with Gasteiger partial charge in [0.05, 0.1) is 32.7 Å². The quantitative estimate of drug-likeness (QED) is 0.0451. The van der Waals surface area contributed by atoms with Crippen LogP contribution < -0.4 is 22.1 Å². The zero-order valence-electron chi connectivity index (χ0n) is 32.5. The predicted molar refractivity (Wildman–Crippen MR) is 231 cm³/mol. The molecule has 0 radical (unpaired) electrons. The van der Waals surface area contributed by atoms with Gasteiger partial charge < -0.3 is 32.3 Å². The number of phenols is 2. The van der Waals surface area contributed by atoms with Crippen LogP contribution in [0, 0.1) is 6.92 Å². The highest BCUT2D eigenvalue weighted by Gasteiger charge is 2.20. The van der Waals surface area contributed by atoms with Gasteiger partial charge in [-0.3, -0.25) is 9.11 Å². The molecule has 0 atom stereocenters. The van der Waals surface area contributed by atoms with Crippen LogP contribution >= 0.6 is 0 Å². The number of benzene rings is 6. The number of rotatable bonds is 10. The van der Waals surface area contributed by atoms with E-state index >= 15 is 0 Å². The van der Waals surface area contributed by atoms with Gasteiger partial charge in [-0.15, -0.1) is 40.6 Å². The van der Waals surface area contributed by atoms with Crippen LogP contribution in [0.15, 0.2) is 127 Å². The van der Waals surface area contributed by atoms with Gasteiger partial charge in [0.15, 0.2) is 0 Å². The third-order valence-electron chi connectivity index (χ3n) is 8.29. The summed E-state index contributed by atoms with van der Waals surface area (Å²) < 4.78 is 118. The standard InChI is InChI=1S/C36H29N11O8S2.2O3S/c1-18-39-35(41-21-7-9-22(10-8-21)44-46-33-25(37)12-5-19-3-2-4-28(48)31(19)33)43-36(40-18)42-23-11-14-27(30(16-23)57(53,54)55)45-47-34-26(38)13-6-20-15-24(56(50,51)52)17-29(49)32(20)34;2*1-4(2)3/h2-17,48-49H,37-38H2,1H3,(H,50,51,52)(H,53,54,55)(H2,39,40,41,42,43);;. The van der Waals surface area contributed by atoms with Crippen LogP contribution in [0.4, 0.5) is 57.4 Å². The molecule has 25 nitrogen and oxygen atoms in total. The van der Waals surface area contributed by atoms with Crippen molar-refractivity contribution in [3.05, 3.63) is 103 Å². The van der Waals surface area contributed by atoms with E-state index in [1.54, 1.807) is 55.5 Å². The van der Waals surface area contributed by atoms with Crippen molar-refractivity contribution in [1.29, 1.82) is 0 Å². The van der Waals surface area contributed by atoms with Gasteiger partial charge >= 0.3 is 21.2 Å². The van der Waals surface area contributed by atoms with E-state index in [1.807, 2.05) is 6.07 Å². The van der Waals surface area contributed by atoms with Crippen LogP contribution in [0.25, 0.3) is 21.5 Å². The summed E-state index contributed by atoms with van der Waals surface area (Å²) in [5.41, 5.74) is 13.6. The van der Waals surface area contributed by atoms with Crippen LogP contribution in [0.5, 0.6) is 11.5 Å². The zero-order chi connectivity index (χ0) is 47.8. The van der Waals surface area contributed by atoms with Crippen LogP contribution in [0.1, 0.15) is 5.82 Å². The smallest absolute Gasteiger partial charge is 0.425 e. The van der Waals surface area contributed by atoms with E-state index in [0.717, 1.165) is 23.6 Å². The minimum atomic E-state index is -4.90. The molecule has 0 spiro atoms. The number of nitrogens with two attached hydrogens (primary N) is 2. The van der Waals surface area contributed by atoms with Gasteiger partial charge in [0.1, 0.15) is 39.3 Å². The average molecular weight is 968 g/mol. The first-order valence-corrected chi connectivity index (χ1v) is 22.3. The minimum Gasteiger partial charge on any atom is -0.507 e. The highest BCUT2D eigenvalue weighted by atomic mass is 32.2. The number of aryl methyl sites for hydroxylation is 1. The fourth-order valence-corrected chi connectivity index (χ4v) is 6.88. The first kappa shape index (κ1) is 48.0. The number of hydrogen-bond donors (Lipinski definition) is 8. The number of aromatic hydroxyl groups is 2. The number of aromatic nitrogens is 3. The molecule has 0 aliphatic carbocycles. The number of nitrogen functional groups attached to an aromatic ring is 2. The van der Waals surface area contributed by atoms with E-state index in [-0.39, 0.29) is 51.2 Å². The summed E-state index contributed by atoms with van der Waals surface area (Å²) in [5.74, 6) is -0.106. The van der Waals surface area contributed by atoms with Gasteiger partial charge in [-0.1, -0.05) is 24.3 Å². The molecule has 1 heterocycles. The molecule has 0 fully saturated rings. The molecule has 0 aliphatic rings. The van der Waals surface area contributed by atoms with Crippen molar-refractivity contribution < 1.29 is 61.4 Å². The molecule has 0 aliphatic heterocycles. The van der Waals surface area contributed by atoms with Crippen LogP contribution in [0.3, 0.4) is 0 Å². The van der Waals surface area contributed by atoms with Gasteiger partial charge in [-0.2, -0.15) is 36.9 Å². The van der Waals surface area contributed by atoms with Gasteiger partial charge in [-0.05, 0) is 84.4 Å². The van der Waals surface area contributed by atoms with Gasteiger partial charge in [0.2, 0.25) is 11.9 Å². The fraction of sp³-hybridized carbons (Fsp3) is 0.0278. The minimum absolute atomic E-state index is 0.00619. The second-order valence-corrected chi connectivity index (χ2v) is 16.3. The lowest BCUT2D eigenvalue weighted by molar-refractivity contribution is 0.471. The maximum Gasteiger partial charge on any atom is 0.425 e. The molecule has 6 aromatic carbocycles. The lowest BCUT2D eigenvalue weighted by Crippen LogP contribution is -2.06. The Morgan fingerprint density at radius 3 is 1.66 bits per heavy atom. The summed E-state index contributed by atoms with van der Waals surface area (Å²) in [6, 6.07) is 23.7. The molecule has 0 unspecified atom stereocenters. The summed E-state index contributed by atoms with van der Waals surface area (Å²) in [6.45, 7) is 1.62. The molecule has 0 saturated heterocycles. The van der Waals surface area contributed by atoms with Crippen LogP contribution in [-0.2, 0) is 41.5 Å².